The molecule has 6 heteroatoms. The minimum atomic E-state index is -0.343. The van der Waals surface area contributed by atoms with Crippen molar-refractivity contribution >= 4 is 11.8 Å². The summed E-state index contributed by atoms with van der Waals surface area (Å²) in [6.45, 7) is 7.19. The van der Waals surface area contributed by atoms with Crippen LogP contribution in [0.1, 0.15) is 27.2 Å². The second-order valence-corrected chi connectivity index (χ2v) is 4.07. The summed E-state index contributed by atoms with van der Waals surface area (Å²) in [5.41, 5.74) is -0.178. The van der Waals surface area contributed by atoms with Crippen molar-refractivity contribution in [3.63, 3.8) is 0 Å². The van der Waals surface area contributed by atoms with E-state index in [1.54, 1.807) is 28.8 Å². The Bertz CT molecular complexity index is 470. The third-order valence-corrected chi connectivity index (χ3v) is 2.65. The van der Waals surface area contributed by atoms with Gasteiger partial charge in [-0.3, -0.25) is 9.59 Å². The Hall–Kier alpha value is -1.85. The highest BCUT2D eigenvalue weighted by Crippen LogP contribution is 2.05. The highest BCUT2D eigenvalue weighted by molar-refractivity contribution is 5.75. The van der Waals surface area contributed by atoms with Gasteiger partial charge in [0.25, 0.3) is 5.56 Å². The summed E-state index contributed by atoms with van der Waals surface area (Å²) in [6.07, 6.45) is 4.04. The standard InChI is InChI=1S/C13H21N3O3/c1-4-8-16(10-11(17)19-6-3)12-13(18)15(5-2)9-7-14-12/h7,9H,4-6,8,10H2,1-3H3. The number of carbonyl (C=O) groups excluding carboxylic acids is 1. The van der Waals surface area contributed by atoms with Crippen molar-refractivity contribution in [3.05, 3.63) is 22.7 Å². The van der Waals surface area contributed by atoms with Crippen LogP contribution >= 0.6 is 0 Å². The zero-order valence-corrected chi connectivity index (χ0v) is 11.8. The summed E-state index contributed by atoms with van der Waals surface area (Å²) >= 11 is 0. The fourth-order valence-electron chi connectivity index (χ4n) is 1.79. The summed E-state index contributed by atoms with van der Waals surface area (Å²) in [5, 5.41) is 0. The molecule has 0 amide bonds. The van der Waals surface area contributed by atoms with Gasteiger partial charge in [0.1, 0.15) is 6.54 Å². The largest absolute Gasteiger partial charge is 0.465 e. The zero-order valence-electron chi connectivity index (χ0n) is 11.8. The number of hydrogen-bond donors (Lipinski definition) is 0. The van der Waals surface area contributed by atoms with Gasteiger partial charge < -0.3 is 14.2 Å². The monoisotopic (exact) mass is 267 g/mol. The van der Waals surface area contributed by atoms with Crippen LogP contribution in [-0.2, 0) is 16.1 Å². The molecule has 1 aromatic heterocycles. The van der Waals surface area contributed by atoms with Crippen LogP contribution in [0.5, 0.6) is 0 Å². The van der Waals surface area contributed by atoms with Gasteiger partial charge in [0, 0.05) is 25.5 Å². The van der Waals surface area contributed by atoms with E-state index in [4.69, 9.17) is 4.74 Å². The van der Waals surface area contributed by atoms with Gasteiger partial charge in [-0.25, -0.2) is 4.98 Å². The Balaban J connectivity index is 2.99. The maximum absolute atomic E-state index is 12.2. The van der Waals surface area contributed by atoms with E-state index in [1.165, 1.54) is 0 Å². The molecule has 0 saturated carbocycles. The molecule has 1 aromatic rings. The first-order valence-electron chi connectivity index (χ1n) is 6.60. The fourth-order valence-corrected chi connectivity index (χ4v) is 1.79. The summed E-state index contributed by atoms with van der Waals surface area (Å²) in [4.78, 5) is 29.5. The van der Waals surface area contributed by atoms with E-state index in [9.17, 15) is 9.59 Å². The van der Waals surface area contributed by atoms with Crippen molar-refractivity contribution in [3.8, 4) is 0 Å². The number of rotatable bonds is 7. The number of carbonyl (C=O) groups is 1. The smallest absolute Gasteiger partial charge is 0.325 e. The van der Waals surface area contributed by atoms with Crippen LogP contribution in [0.2, 0.25) is 0 Å². The second kappa shape index (κ2) is 7.56. The van der Waals surface area contributed by atoms with Crippen LogP contribution in [0.15, 0.2) is 17.2 Å². The molecule has 0 radical (unpaired) electrons. The molecule has 0 atom stereocenters. The summed E-state index contributed by atoms with van der Waals surface area (Å²) in [7, 11) is 0. The molecule has 19 heavy (non-hydrogen) atoms. The molecule has 6 nitrogen and oxygen atoms in total. The average Bonchev–Trinajstić information content (AvgIpc) is 2.39. The number of anilines is 1. The van der Waals surface area contributed by atoms with Gasteiger partial charge in [0.15, 0.2) is 5.82 Å². The van der Waals surface area contributed by atoms with Crippen LogP contribution in [0.25, 0.3) is 0 Å². The fraction of sp³-hybridized carbons (Fsp3) is 0.615. The molecular formula is C13H21N3O3. The molecule has 0 aliphatic rings. The van der Waals surface area contributed by atoms with Crippen LogP contribution < -0.4 is 10.5 Å². The Labute approximate surface area is 113 Å². The van der Waals surface area contributed by atoms with E-state index in [-0.39, 0.29) is 18.1 Å². The van der Waals surface area contributed by atoms with E-state index in [0.717, 1.165) is 6.42 Å². The van der Waals surface area contributed by atoms with Crippen molar-refractivity contribution < 1.29 is 9.53 Å². The third kappa shape index (κ3) is 4.08. The van der Waals surface area contributed by atoms with Crippen LogP contribution in [0, 0.1) is 0 Å². The van der Waals surface area contributed by atoms with Crippen molar-refractivity contribution in [2.24, 2.45) is 0 Å². The molecule has 1 heterocycles. The Kier molecular flexibility index (Phi) is 6.05. The summed E-state index contributed by atoms with van der Waals surface area (Å²) in [5.74, 6) is -0.0386. The van der Waals surface area contributed by atoms with E-state index >= 15 is 0 Å². The van der Waals surface area contributed by atoms with Crippen LogP contribution in [0.4, 0.5) is 5.82 Å². The van der Waals surface area contributed by atoms with Gasteiger partial charge in [-0.05, 0) is 20.3 Å². The first-order valence-corrected chi connectivity index (χ1v) is 6.60. The molecule has 0 aliphatic heterocycles. The number of hydrogen-bond acceptors (Lipinski definition) is 5. The van der Waals surface area contributed by atoms with Gasteiger partial charge in [0.2, 0.25) is 0 Å². The van der Waals surface area contributed by atoms with Crippen molar-refractivity contribution in [1.29, 1.82) is 0 Å². The van der Waals surface area contributed by atoms with Crippen molar-refractivity contribution in [1.82, 2.24) is 9.55 Å². The number of esters is 1. The molecular weight excluding hydrogens is 246 g/mol. The number of ether oxygens (including phenoxy) is 1. The Morgan fingerprint density at radius 3 is 2.74 bits per heavy atom. The summed E-state index contributed by atoms with van der Waals surface area (Å²) in [6, 6.07) is 0. The molecule has 0 spiro atoms. The van der Waals surface area contributed by atoms with Gasteiger partial charge in [-0.1, -0.05) is 6.92 Å². The molecule has 106 valence electrons. The normalized spacial score (nSPS) is 10.3. The number of nitrogens with zero attached hydrogens (tertiary/aromatic N) is 3. The number of aromatic nitrogens is 2. The summed E-state index contributed by atoms with van der Waals surface area (Å²) < 4.78 is 6.49. The van der Waals surface area contributed by atoms with E-state index in [1.807, 2.05) is 13.8 Å². The topological polar surface area (TPSA) is 64.4 Å². The Morgan fingerprint density at radius 1 is 1.42 bits per heavy atom. The average molecular weight is 267 g/mol. The van der Waals surface area contributed by atoms with Gasteiger partial charge in [-0.15, -0.1) is 0 Å². The van der Waals surface area contributed by atoms with E-state index in [2.05, 4.69) is 4.98 Å². The lowest BCUT2D eigenvalue weighted by atomic mass is 10.4. The van der Waals surface area contributed by atoms with Crippen LogP contribution in [0.3, 0.4) is 0 Å². The predicted octanol–water partition coefficient (Wildman–Crippen LogP) is 1.04. The van der Waals surface area contributed by atoms with Gasteiger partial charge in [-0.2, -0.15) is 0 Å². The van der Waals surface area contributed by atoms with Gasteiger partial charge in [0.05, 0.1) is 6.61 Å². The zero-order chi connectivity index (χ0) is 14.3. The minimum absolute atomic E-state index is 0.0532. The lowest BCUT2D eigenvalue weighted by Crippen LogP contribution is -2.37. The quantitative estimate of drug-likeness (QED) is 0.691. The maximum atomic E-state index is 12.2. The Morgan fingerprint density at radius 2 is 2.16 bits per heavy atom. The molecule has 0 aromatic carbocycles. The van der Waals surface area contributed by atoms with Crippen LogP contribution in [-0.4, -0.2) is 35.2 Å². The minimum Gasteiger partial charge on any atom is -0.465 e. The molecule has 0 unspecified atom stereocenters. The lowest BCUT2D eigenvalue weighted by molar-refractivity contribution is -0.141. The first-order chi connectivity index (χ1) is 9.13. The first kappa shape index (κ1) is 15.2. The van der Waals surface area contributed by atoms with Crippen molar-refractivity contribution in [2.75, 3.05) is 24.6 Å². The molecule has 1 rings (SSSR count). The molecule has 0 N–H and O–H groups in total. The maximum Gasteiger partial charge on any atom is 0.325 e. The van der Waals surface area contributed by atoms with E-state index < -0.39 is 0 Å². The third-order valence-electron chi connectivity index (χ3n) is 2.65. The molecule has 0 fully saturated rings. The molecule has 0 aliphatic carbocycles. The second-order valence-electron chi connectivity index (χ2n) is 4.07. The molecule has 0 bridgehead atoms. The highest BCUT2D eigenvalue weighted by Gasteiger charge is 2.16. The number of aryl methyl sites for hydroxylation is 1. The highest BCUT2D eigenvalue weighted by atomic mass is 16.5. The van der Waals surface area contributed by atoms with Crippen molar-refractivity contribution in [2.45, 2.75) is 33.7 Å². The van der Waals surface area contributed by atoms with Gasteiger partial charge >= 0.3 is 5.97 Å². The molecule has 0 saturated heterocycles. The van der Waals surface area contributed by atoms with E-state index in [0.29, 0.717) is 25.5 Å². The SMILES string of the molecule is CCCN(CC(=O)OCC)c1nccn(CC)c1=O. The lowest BCUT2D eigenvalue weighted by Gasteiger charge is -2.21. The predicted molar refractivity (Wildman–Crippen MR) is 73.3 cm³/mol.